The van der Waals surface area contributed by atoms with Crippen molar-refractivity contribution in [2.24, 2.45) is 4.99 Å². The smallest absolute Gasteiger partial charge is 0.339 e. The summed E-state index contributed by atoms with van der Waals surface area (Å²) in [7, 11) is 1.29. The van der Waals surface area contributed by atoms with Crippen molar-refractivity contribution < 1.29 is 9.53 Å². The lowest BCUT2D eigenvalue weighted by molar-refractivity contribution is 0.0601. The fourth-order valence-corrected chi connectivity index (χ4v) is 3.43. The molecular formula is C13H11Cl2N3O2S. The summed E-state index contributed by atoms with van der Waals surface area (Å²) >= 11 is 13.9. The first kappa shape index (κ1) is 16.0. The lowest BCUT2D eigenvalue weighted by atomic mass is 10.1. The number of amidine groups is 1. The van der Waals surface area contributed by atoms with Crippen molar-refractivity contribution in [3.63, 3.8) is 0 Å². The molecule has 0 bridgehead atoms. The summed E-state index contributed by atoms with van der Waals surface area (Å²) < 4.78 is 4.69. The van der Waals surface area contributed by atoms with Crippen LogP contribution in [-0.4, -0.2) is 35.4 Å². The van der Waals surface area contributed by atoms with Gasteiger partial charge in [0.2, 0.25) is 6.19 Å². The highest BCUT2D eigenvalue weighted by atomic mass is 35.5. The zero-order valence-electron chi connectivity index (χ0n) is 11.1. The van der Waals surface area contributed by atoms with E-state index in [-0.39, 0.29) is 10.6 Å². The van der Waals surface area contributed by atoms with Crippen LogP contribution in [0.4, 0.5) is 0 Å². The molecule has 0 radical (unpaired) electrons. The van der Waals surface area contributed by atoms with Gasteiger partial charge in [0.25, 0.3) is 0 Å². The van der Waals surface area contributed by atoms with Crippen molar-refractivity contribution in [2.75, 3.05) is 19.4 Å². The van der Waals surface area contributed by atoms with Gasteiger partial charge in [-0.25, -0.2) is 4.79 Å². The van der Waals surface area contributed by atoms with Crippen molar-refractivity contribution in [1.29, 1.82) is 5.26 Å². The zero-order chi connectivity index (χ0) is 15.4. The molecule has 1 aromatic rings. The van der Waals surface area contributed by atoms with Crippen molar-refractivity contribution in [3.05, 3.63) is 33.3 Å². The van der Waals surface area contributed by atoms with Crippen molar-refractivity contribution in [3.8, 4) is 6.19 Å². The van der Waals surface area contributed by atoms with Crippen LogP contribution in [0.15, 0.2) is 17.1 Å². The predicted molar refractivity (Wildman–Crippen MR) is 83.7 cm³/mol. The van der Waals surface area contributed by atoms with Gasteiger partial charge in [0.05, 0.1) is 17.7 Å². The summed E-state index contributed by atoms with van der Waals surface area (Å²) in [6.07, 6.45) is 1.78. The van der Waals surface area contributed by atoms with Crippen molar-refractivity contribution >= 4 is 46.1 Å². The number of benzene rings is 1. The monoisotopic (exact) mass is 343 g/mol. The Morgan fingerprint density at radius 3 is 3.00 bits per heavy atom. The van der Waals surface area contributed by atoms with Crippen LogP contribution in [0.3, 0.4) is 0 Å². The Morgan fingerprint density at radius 2 is 2.33 bits per heavy atom. The van der Waals surface area contributed by atoms with Gasteiger partial charge in [0.1, 0.15) is 0 Å². The first-order valence-corrected chi connectivity index (χ1v) is 7.72. The number of esters is 1. The van der Waals surface area contributed by atoms with E-state index in [1.807, 2.05) is 4.90 Å². The highest BCUT2D eigenvalue weighted by Gasteiger charge is 2.24. The highest BCUT2D eigenvalue weighted by molar-refractivity contribution is 8.14. The molecule has 1 aliphatic rings. The maximum atomic E-state index is 11.7. The average Bonchev–Trinajstić information content (AvgIpc) is 2.90. The number of hydrogen-bond donors (Lipinski definition) is 0. The molecule has 1 fully saturated rings. The van der Waals surface area contributed by atoms with Crippen LogP contribution < -0.4 is 0 Å². The van der Waals surface area contributed by atoms with Gasteiger partial charge in [-0.3, -0.25) is 0 Å². The second-order valence-corrected chi connectivity index (χ2v) is 5.99. The van der Waals surface area contributed by atoms with E-state index < -0.39 is 5.97 Å². The van der Waals surface area contributed by atoms with Crippen LogP contribution in [0.2, 0.25) is 10.0 Å². The molecule has 5 nitrogen and oxygen atoms in total. The number of carbonyl (C=O) groups is 1. The zero-order valence-corrected chi connectivity index (χ0v) is 13.4. The Morgan fingerprint density at radius 1 is 1.57 bits per heavy atom. The molecule has 1 aromatic carbocycles. The molecular weight excluding hydrogens is 333 g/mol. The fraction of sp³-hybridized carbons (Fsp3) is 0.308. The Balaban J connectivity index is 2.34. The van der Waals surface area contributed by atoms with Crippen molar-refractivity contribution in [1.82, 2.24) is 4.90 Å². The summed E-state index contributed by atoms with van der Waals surface area (Å²) in [4.78, 5) is 17.3. The van der Waals surface area contributed by atoms with Gasteiger partial charge in [-0.05, 0) is 12.1 Å². The summed E-state index contributed by atoms with van der Waals surface area (Å²) in [6.45, 7) is 1.12. The first-order valence-electron chi connectivity index (χ1n) is 5.98. The van der Waals surface area contributed by atoms with Gasteiger partial charge in [-0.1, -0.05) is 35.0 Å². The molecule has 2 rings (SSSR count). The number of thioether (sulfide) groups is 1. The van der Waals surface area contributed by atoms with Crippen LogP contribution >= 0.6 is 35.0 Å². The molecule has 21 heavy (non-hydrogen) atoms. The van der Waals surface area contributed by atoms with Gasteiger partial charge in [-0.2, -0.15) is 5.26 Å². The summed E-state index contributed by atoms with van der Waals surface area (Å²) in [5.41, 5.74) is 0.888. The minimum absolute atomic E-state index is 0.266. The van der Waals surface area contributed by atoms with Crippen LogP contribution in [-0.2, 0) is 11.3 Å². The third kappa shape index (κ3) is 3.43. The molecule has 1 heterocycles. The summed E-state index contributed by atoms with van der Waals surface area (Å²) in [6, 6.07) is 3.14. The van der Waals surface area contributed by atoms with Gasteiger partial charge >= 0.3 is 5.97 Å². The Kier molecular flexibility index (Phi) is 5.34. The molecule has 0 spiro atoms. The largest absolute Gasteiger partial charge is 0.465 e. The third-order valence-electron chi connectivity index (χ3n) is 2.95. The quantitative estimate of drug-likeness (QED) is 0.622. The second kappa shape index (κ2) is 7.03. The van der Waals surface area contributed by atoms with E-state index in [1.165, 1.54) is 24.9 Å². The minimum atomic E-state index is -0.514. The Labute approximate surface area is 136 Å². The van der Waals surface area contributed by atoms with E-state index >= 15 is 0 Å². The normalized spacial score (nSPS) is 16.1. The van der Waals surface area contributed by atoms with Crippen molar-refractivity contribution in [2.45, 2.75) is 6.54 Å². The summed E-state index contributed by atoms with van der Waals surface area (Å²) in [5, 5.41) is 10.0. The molecule has 0 aromatic heterocycles. The number of ether oxygens (including phenoxy) is 1. The van der Waals surface area contributed by atoms with E-state index in [0.29, 0.717) is 22.3 Å². The molecule has 0 amide bonds. The minimum Gasteiger partial charge on any atom is -0.465 e. The topological polar surface area (TPSA) is 65.7 Å². The number of methoxy groups -OCH3 is 1. The third-order valence-corrected chi connectivity index (χ3v) is 4.73. The van der Waals surface area contributed by atoms with Crippen LogP contribution in [0.25, 0.3) is 0 Å². The Hall–Kier alpha value is -1.42. The van der Waals surface area contributed by atoms with E-state index in [9.17, 15) is 4.79 Å². The molecule has 1 saturated heterocycles. The Bertz CT molecular complexity index is 643. The van der Waals surface area contributed by atoms with Crippen LogP contribution in [0, 0.1) is 11.5 Å². The molecule has 0 atom stereocenters. The fourth-order valence-electron chi connectivity index (χ4n) is 1.93. The first-order chi connectivity index (χ1) is 10.1. The lowest BCUT2D eigenvalue weighted by Gasteiger charge is -2.19. The molecule has 8 heteroatoms. The lowest BCUT2D eigenvalue weighted by Crippen LogP contribution is -2.24. The standard InChI is InChI=1S/C13H11Cl2N3O2S/c1-20-12(19)8-2-3-10(14)9(11(8)15)6-18-4-5-21-13(18)17-7-16/h2-3H,4-6H2,1H3. The van der Waals surface area contributed by atoms with Gasteiger partial charge in [0.15, 0.2) is 5.17 Å². The number of carbonyl (C=O) groups excluding carboxylic acids is 1. The number of nitrogens with zero attached hydrogens (tertiary/aromatic N) is 3. The number of halogens is 2. The van der Waals surface area contributed by atoms with E-state index in [4.69, 9.17) is 33.2 Å². The molecule has 0 N–H and O–H groups in total. The summed E-state index contributed by atoms with van der Waals surface area (Å²) in [5.74, 6) is 0.325. The molecule has 0 aliphatic carbocycles. The number of hydrogen-bond acceptors (Lipinski definition) is 5. The van der Waals surface area contributed by atoms with Gasteiger partial charge in [-0.15, -0.1) is 4.99 Å². The van der Waals surface area contributed by atoms with Gasteiger partial charge < -0.3 is 9.64 Å². The van der Waals surface area contributed by atoms with E-state index in [1.54, 1.807) is 12.3 Å². The van der Waals surface area contributed by atoms with E-state index in [0.717, 1.165) is 12.3 Å². The number of nitriles is 1. The molecule has 110 valence electrons. The predicted octanol–water partition coefficient (Wildman–Crippen LogP) is 3.17. The molecule has 0 saturated carbocycles. The van der Waals surface area contributed by atoms with E-state index in [2.05, 4.69) is 4.99 Å². The van der Waals surface area contributed by atoms with Crippen LogP contribution in [0.1, 0.15) is 15.9 Å². The highest BCUT2D eigenvalue weighted by Crippen LogP contribution is 2.31. The van der Waals surface area contributed by atoms with Crippen LogP contribution in [0.5, 0.6) is 0 Å². The SMILES string of the molecule is COC(=O)c1ccc(Cl)c(CN2CCSC2=NC#N)c1Cl. The maximum absolute atomic E-state index is 11.7. The van der Waals surface area contributed by atoms with Gasteiger partial charge in [0, 0.05) is 29.4 Å². The number of aliphatic imine (C=N–C) groups is 1. The maximum Gasteiger partial charge on any atom is 0.339 e. The molecule has 0 unspecified atom stereocenters. The second-order valence-electron chi connectivity index (χ2n) is 4.14. The average molecular weight is 344 g/mol. The molecule has 1 aliphatic heterocycles. The number of rotatable bonds is 3.